The topological polar surface area (TPSA) is 20.2 Å². The van der Waals surface area contributed by atoms with Crippen LogP contribution in [0.2, 0.25) is 0 Å². The van der Waals surface area contributed by atoms with Crippen LogP contribution in [0, 0.1) is 0 Å². The largest absolute Gasteiger partial charge is 0.393 e. The lowest BCUT2D eigenvalue weighted by atomic mass is 10.00. The smallest absolute Gasteiger partial charge is 0.0609 e. The van der Waals surface area contributed by atoms with Gasteiger partial charge in [-0.3, -0.25) is 0 Å². The van der Waals surface area contributed by atoms with Crippen molar-refractivity contribution in [1.29, 1.82) is 0 Å². The zero-order valence-corrected chi connectivity index (χ0v) is 11.1. The Kier molecular flexibility index (Phi) is 4.40. The minimum Gasteiger partial charge on any atom is -0.393 e. The van der Waals surface area contributed by atoms with Gasteiger partial charge in [-0.05, 0) is 36.1 Å². The Labute approximate surface area is 113 Å². The van der Waals surface area contributed by atoms with E-state index < -0.39 is 0 Å². The summed E-state index contributed by atoms with van der Waals surface area (Å²) in [5.41, 5.74) is 3.39. The second kappa shape index (κ2) is 6.03. The third kappa shape index (κ3) is 3.34. The molecule has 0 aliphatic rings. The van der Waals surface area contributed by atoms with Crippen LogP contribution in [0.5, 0.6) is 0 Å². The molecule has 0 saturated carbocycles. The lowest BCUT2D eigenvalue weighted by Crippen LogP contribution is -2.04. The number of alkyl halides is 1. The maximum atomic E-state index is 9.39. The predicted octanol–water partition coefficient (Wildman–Crippen LogP) is 4.40. The molecular weight excluding hydrogens is 244 g/mol. The van der Waals surface area contributed by atoms with Gasteiger partial charge in [-0.1, -0.05) is 48.5 Å². The molecule has 1 N–H and O–H groups in total. The highest BCUT2D eigenvalue weighted by Gasteiger charge is 2.11. The lowest BCUT2D eigenvalue weighted by molar-refractivity contribution is 0.183. The second-order valence-corrected chi connectivity index (χ2v) is 5.07. The van der Waals surface area contributed by atoms with Crippen LogP contribution in [0.1, 0.15) is 24.3 Å². The Bertz CT molecular complexity index is 493. The number of aliphatic hydroxyl groups excluding tert-OH is 1. The van der Waals surface area contributed by atoms with Crippen LogP contribution in [-0.4, -0.2) is 11.2 Å². The Morgan fingerprint density at radius 3 is 2.33 bits per heavy atom. The number of hydrogen-bond donors (Lipinski definition) is 1. The standard InChI is InChI=1S/C16H17ClO/c1-12(18)10-16(17)15-9-5-8-14(11-15)13-6-3-2-4-7-13/h2-9,11-12,16,18H,10H2,1H3. The number of benzene rings is 2. The molecule has 0 aliphatic carbocycles. The van der Waals surface area contributed by atoms with Gasteiger partial charge in [0.2, 0.25) is 0 Å². The molecule has 2 aromatic carbocycles. The molecule has 2 atom stereocenters. The minimum atomic E-state index is -0.382. The van der Waals surface area contributed by atoms with Crippen LogP contribution in [-0.2, 0) is 0 Å². The van der Waals surface area contributed by atoms with E-state index in [-0.39, 0.29) is 11.5 Å². The van der Waals surface area contributed by atoms with Crippen molar-refractivity contribution < 1.29 is 5.11 Å². The number of hydrogen-bond acceptors (Lipinski definition) is 1. The first-order chi connectivity index (χ1) is 8.66. The van der Waals surface area contributed by atoms with Gasteiger partial charge in [-0.2, -0.15) is 0 Å². The van der Waals surface area contributed by atoms with Crippen molar-refractivity contribution in [3.63, 3.8) is 0 Å². The third-order valence-corrected chi connectivity index (χ3v) is 3.33. The summed E-state index contributed by atoms with van der Waals surface area (Å²) in [4.78, 5) is 0. The number of aliphatic hydroxyl groups is 1. The molecule has 94 valence electrons. The van der Waals surface area contributed by atoms with Crippen LogP contribution in [0.4, 0.5) is 0 Å². The molecule has 0 aromatic heterocycles. The second-order valence-electron chi connectivity index (χ2n) is 4.54. The van der Waals surface area contributed by atoms with Crippen molar-refractivity contribution in [1.82, 2.24) is 0 Å². The summed E-state index contributed by atoms with van der Waals surface area (Å²) in [7, 11) is 0. The van der Waals surface area contributed by atoms with Crippen molar-refractivity contribution in [2.75, 3.05) is 0 Å². The maximum Gasteiger partial charge on any atom is 0.0609 e. The zero-order valence-electron chi connectivity index (χ0n) is 10.4. The average molecular weight is 261 g/mol. The molecule has 2 aromatic rings. The van der Waals surface area contributed by atoms with E-state index in [9.17, 15) is 5.11 Å². The van der Waals surface area contributed by atoms with Crippen LogP contribution in [0.25, 0.3) is 11.1 Å². The van der Waals surface area contributed by atoms with Crippen molar-refractivity contribution in [2.24, 2.45) is 0 Å². The molecule has 0 radical (unpaired) electrons. The number of halogens is 1. The molecule has 0 amide bonds. The van der Waals surface area contributed by atoms with E-state index in [4.69, 9.17) is 11.6 Å². The van der Waals surface area contributed by atoms with E-state index in [1.165, 1.54) is 5.56 Å². The molecule has 2 unspecified atom stereocenters. The van der Waals surface area contributed by atoms with E-state index in [0.29, 0.717) is 6.42 Å². The first-order valence-electron chi connectivity index (χ1n) is 6.14. The molecule has 2 rings (SSSR count). The van der Waals surface area contributed by atoms with Crippen LogP contribution < -0.4 is 0 Å². The molecule has 0 fully saturated rings. The van der Waals surface area contributed by atoms with Crippen LogP contribution in [0.3, 0.4) is 0 Å². The fourth-order valence-corrected chi connectivity index (χ4v) is 2.37. The fourth-order valence-electron chi connectivity index (χ4n) is 1.98. The minimum absolute atomic E-state index is 0.145. The van der Waals surface area contributed by atoms with Gasteiger partial charge in [0.15, 0.2) is 0 Å². The molecule has 2 heteroatoms. The SMILES string of the molecule is CC(O)CC(Cl)c1cccc(-c2ccccc2)c1. The van der Waals surface area contributed by atoms with E-state index in [0.717, 1.165) is 11.1 Å². The van der Waals surface area contributed by atoms with Crippen LogP contribution >= 0.6 is 11.6 Å². The summed E-state index contributed by atoms with van der Waals surface area (Å²) < 4.78 is 0. The molecule has 0 spiro atoms. The Balaban J connectivity index is 2.25. The molecule has 0 bridgehead atoms. The highest BCUT2D eigenvalue weighted by molar-refractivity contribution is 6.20. The van der Waals surface area contributed by atoms with Crippen molar-refractivity contribution >= 4 is 11.6 Å². The van der Waals surface area contributed by atoms with Gasteiger partial charge in [-0.25, -0.2) is 0 Å². The van der Waals surface area contributed by atoms with Crippen molar-refractivity contribution in [3.8, 4) is 11.1 Å². The van der Waals surface area contributed by atoms with E-state index in [2.05, 4.69) is 24.3 Å². The van der Waals surface area contributed by atoms with Gasteiger partial charge in [0.1, 0.15) is 0 Å². The van der Waals surface area contributed by atoms with Gasteiger partial charge in [0.05, 0.1) is 11.5 Å². The Hall–Kier alpha value is -1.31. The third-order valence-electron chi connectivity index (χ3n) is 2.90. The van der Waals surface area contributed by atoms with Gasteiger partial charge >= 0.3 is 0 Å². The highest BCUT2D eigenvalue weighted by atomic mass is 35.5. The van der Waals surface area contributed by atoms with Crippen molar-refractivity contribution in [3.05, 3.63) is 60.2 Å². The quantitative estimate of drug-likeness (QED) is 0.808. The van der Waals surface area contributed by atoms with Gasteiger partial charge in [0.25, 0.3) is 0 Å². The fraction of sp³-hybridized carbons (Fsp3) is 0.250. The first-order valence-corrected chi connectivity index (χ1v) is 6.58. The first kappa shape index (κ1) is 13.1. The van der Waals surface area contributed by atoms with Gasteiger partial charge < -0.3 is 5.11 Å². The summed E-state index contributed by atoms with van der Waals surface area (Å²) >= 11 is 6.30. The van der Waals surface area contributed by atoms with Gasteiger partial charge in [0, 0.05) is 0 Å². The summed E-state index contributed by atoms with van der Waals surface area (Å²) in [5.74, 6) is 0. The lowest BCUT2D eigenvalue weighted by Gasteiger charge is -2.13. The molecule has 18 heavy (non-hydrogen) atoms. The zero-order chi connectivity index (χ0) is 13.0. The monoisotopic (exact) mass is 260 g/mol. The maximum absolute atomic E-state index is 9.39. The number of rotatable bonds is 4. The van der Waals surface area contributed by atoms with E-state index in [1.54, 1.807) is 6.92 Å². The van der Waals surface area contributed by atoms with Crippen LogP contribution in [0.15, 0.2) is 54.6 Å². The van der Waals surface area contributed by atoms with Gasteiger partial charge in [-0.15, -0.1) is 11.6 Å². The molecule has 1 nitrogen and oxygen atoms in total. The summed E-state index contributed by atoms with van der Waals surface area (Å²) in [5, 5.41) is 9.24. The molecule has 0 aliphatic heterocycles. The molecule has 0 saturated heterocycles. The van der Waals surface area contributed by atoms with E-state index in [1.807, 2.05) is 30.3 Å². The summed E-state index contributed by atoms with van der Waals surface area (Å²) in [6.45, 7) is 1.76. The molecule has 0 heterocycles. The predicted molar refractivity (Wildman–Crippen MR) is 76.8 cm³/mol. The Morgan fingerprint density at radius 2 is 1.67 bits per heavy atom. The average Bonchev–Trinajstić information content (AvgIpc) is 2.39. The van der Waals surface area contributed by atoms with Crippen molar-refractivity contribution in [2.45, 2.75) is 24.8 Å². The summed E-state index contributed by atoms with van der Waals surface area (Å²) in [6, 6.07) is 18.4. The highest BCUT2D eigenvalue weighted by Crippen LogP contribution is 2.29. The summed E-state index contributed by atoms with van der Waals surface area (Å²) in [6.07, 6.45) is 0.188. The van der Waals surface area contributed by atoms with E-state index >= 15 is 0 Å². The normalized spacial score (nSPS) is 14.2. The molecular formula is C16H17ClO. The Morgan fingerprint density at radius 1 is 1.00 bits per heavy atom.